The summed E-state index contributed by atoms with van der Waals surface area (Å²) in [6, 6.07) is 16.5. The smallest absolute Gasteiger partial charge is 0.251 e. The van der Waals surface area contributed by atoms with Crippen molar-refractivity contribution >= 4 is 29.2 Å². The Morgan fingerprint density at radius 3 is 2.69 bits per heavy atom. The van der Waals surface area contributed by atoms with Crippen LogP contribution in [0.3, 0.4) is 0 Å². The number of rotatable bonds is 5. The van der Waals surface area contributed by atoms with E-state index in [1.807, 2.05) is 18.2 Å². The van der Waals surface area contributed by atoms with Crippen LogP contribution in [0.5, 0.6) is 0 Å². The van der Waals surface area contributed by atoms with Crippen molar-refractivity contribution < 1.29 is 4.79 Å². The summed E-state index contributed by atoms with van der Waals surface area (Å²) in [5.74, 6) is 0.176. The molecule has 26 heavy (non-hydrogen) atoms. The quantitative estimate of drug-likeness (QED) is 0.723. The van der Waals surface area contributed by atoms with Gasteiger partial charge in [-0.3, -0.25) is 4.79 Å². The van der Waals surface area contributed by atoms with Crippen LogP contribution in [0.2, 0.25) is 0 Å². The van der Waals surface area contributed by atoms with Crippen LogP contribution in [0.4, 0.5) is 0 Å². The highest BCUT2D eigenvalue weighted by Gasteiger charge is 2.25. The van der Waals surface area contributed by atoms with Crippen molar-refractivity contribution in [3.05, 3.63) is 71.4 Å². The van der Waals surface area contributed by atoms with Crippen LogP contribution < -0.4 is 11.1 Å². The molecule has 0 fully saturated rings. The fourth-order valence-electron chi connectivity index (χ4n) is 3.80. The third-order valence-electron chi connectivity index (χ3n) is 5.12. The van der Waals surface area contributed by atoms with Crippen molar-refractivity contribution in [2.45, 2.75) is 25.3 Å². The number of halogens is 1. The van der Waals surface area contributed by atoms with Crippen molar-refractivity contribution in [2.24, 2.45) is 5.73 Å². The Kier molecular flexibility index (Phi) is 5.64. The van der Waals surface area contributed by atoms with Gasteiger partial charge in [0.2, 0.25) is 0 Å². The van der Waals surface area contributed by atoms with Gasteiger partial charge in [0.05, 0.1) is 0 Å². The zero-order chi connectivity index (χ0) is 17.2. The number of carbonyl (C=O) groups excluding carboxylic acids is 1. The molecule has 4 nitrogen and oxygen atoms in total. The number of amides is 1. The van der Waals surface area contributed by atoms with Crippen LogP contribution >= 0.6 is 12.4 Å². The Bertz CT molecular complexity index is 904. The summed E-state index contributed by atoms with van der Waals surface area (Å²) in [6.07, 6.45) is 4.32. The molecular weight excluding hydrogens is 346 g/mol. The van der Waals surface area contributed by atoms with Crippen LogP contribution in [0, 0.1) is 0 Å². The maximum atomic E-state index is 12.4. The first-order chi connectivity index (χ1) is 12.3. The van der Waals surface area contributed by atoms with E-state index >= 15 is 0 Å². The highest BCUT2D eigenvalue weighted by Crippen LogP contribution is 2.32. The Hall–Kier alpha value is -2.30. The maximum absolute atomic E-state index is 12.4. The van der Waals surface area contributed by atoms with Gasteiger partial charge in [0.15, 0.2) is 0 Å². The number of carbonyl (C=O) groups is 1. The second-order valence-corrected chi connectivity index (χ2v) is 6.71. The molecule has 0 aliphatic carbocycles. The van der Waals surface area contributed by atoms with E-state index in [2.05, 4.69) is 46.4 Å². The number of nitrogens with one attached hydrogen (secondary N) is 1. The number of aromatic nitrogens is 1. The monoisotopic (exact) mass is 369 g/mol. The standard InChI is InChI=1S/C21H23N3O.ClH/c22-12-16-13-23-21(25)17-9-4-10-19-20(17)18(16)14-24(19)11-5-8-15-6-2-1-3-7-15;/h1-4,6-7,9-10,14,16H,5,8,11-13,22H2,(H,23,25);1H. The van der Waals surface area contributed by atoms with Crippen molar-refractivity contribution in [3.63, 3.8) is 0 Å². The lowest BCUT2D eigenvalue weighted by Crippen LogP contribution is -2.29. The van der Waals surface area contributed by atoms with Gasteiger partial charge in [0.1, 0.15) is 0 Å². The molecule has 2 aromatic carbocycles. The Labute approximate surface area is 159 Å². The number of nitrogens with zero attached hydrogens (tertiary/aromatic N) is 1. The zero-order valence-corrected chi connectivity index (χ0v) is 15.5. The number of hydrogen-bond acceptors (Lipinski definition) is 2. The third kappa shape index (κ3) is 3.35. The highest BCUT2D eigenvalue weighted by molar-refractivity contribution is 6.08. The highest BCUT2D eigenvalue weighted by atomic mass is 35.5. The summed E-state index contributed by atoms with van der Waals surface area (Å²) >= 11 is 0. The molecule has 0 bridgehead atoms. The summed E-state index contributed by atoms with van der Waals surface area (Å²) in [5, 5.41) is 4.07. The molecule has 0 spiro atoms. The summed E-state index contributed by atoms with van der Waals surface area (Å²) in [7, 11) is 0. The zero-order valence-electron chi connectivity index (χ0n) is 14.7. The van der Waals surface area contributed by atoms with E-state index in [-0.39, 0.29) is 24.2 Å². The number of hydrogen-bond donors (Lipinski definition) is 2. The van der Waals surface area contributed by atoms with Gasteiger partial charge in [0, 0.05) is 48.2 Å². The molecule has 1 amide bonds. The molecule has 0 radical (unpaired) electrons. The van der Waals surface area contributed by atoms with Crippen molar-refractivity contribution in [1.82, 2.24) is 9.88 Å². The van der Waals surface area contributed by atoms with E-state index in [0.29, 0.717) is 13.1 Å². The average Bonchev–Trinajstić information content (AvgIpc) is 2.95. The first-order valence-corrected chi connectivity index (χ1v) is 8.92. The molecule has 1 aliphatic heterocycles. The van der Waals surface area contributed by atoms with Gasteiger partial charge < -0.3 is 15.6 Å². The minimum atomic E-state index is 0. The van der Waals surface area contributed by atoms with E-state index in [0.717, 1.165) is 35.9 Å². The molecule has 2 heterocycles. The summed E-state index contributed by atoms with van der Waals surface area (Å²) in [6.45, 7) is 2.08. The third-order valence-corrected chi connectivity index (χ3v) is 5.12. The second kappa shape index (κ2) is 7.94. The minimum Gasteiger partial charge on any atom is -0.351 e. The number of nitrogens with two attached hydrogens (primary N) is 1. The van der Waals surface area contributed by atoms with Gasteiger partial charge in [-0.25, -0.2) is 0 Å². The van der Waals surface area contributed by atoms with Gasteiger partial charge >= 0.3 is 0 Å². The minimum absolute atomic E-state index is 0. The molecule has 1 aliphatic rings. The number of aryl methyl sites for hydroxylation is 2. The van der Waals surface area contributed by atoms with E-state index < -0.39 is 0 Å². The molecule has 4 rings (SSSR count). The normalized spacial score (nSPS) is 16.0. The van der Waals surface area contributed by atoms with Crippen molar-refractivity contribution in [3.8, 4) is 0 Å². The van der Waals surface area contributed by atoms with E-state index in [9.17, 15) is 4.79 Å². The molecule has 136 valence electrons. The fraction of sp³-hybridized carbons (Fsp3) is 0.286. The van der Waals surface area contributed by atoms with Crippen LogP contribution in [-0.2, 0) is 13.0 Å². The topological polar surface area (TPSA) is 60.0 Å². The Balaban J connectivity index is 0.00000196. The SMILES string of the molecule is Cl.NCC1CNC(=O)c2cccc3c2c1cn3CCCc1ccccc1. The van der Waals surface area contributed by atoms with Crippen LogP contribution in [0.25, 0.3) is 10.9 Å². The van der Waals surface area contributed by atoms with Gasteiger partial charge in [-0.1, -0.05) is 36.4 Å². The van der Waals surface area contributed by atoms with Crippen LogP contribution in [-0.4, -0.2) is 23.6 Å². The van der Waals surface area contributed by atoms with Gasteiger partial charge in [-0.05, 0) is 36.1 Å². The fourth-order valence-corrected chi connectivity index (χ4v) is 3.80. The van der Waals surface area contributed by atoms with E-state index in [4.69, 9.17) is 5.73 Å². The molecular formula is C21H24ClN3O. The van der Waals surface area contributed by atoms with E-state index in [1.165, 1.54) is 11.1 Å². The maximum Gasteiger partial charge on any atom is 0.251 e. The largest absolute Gasteiger partial charge is 0.351 e. The molecule has 0 saturated carbocycles. The first-order valence-electron chi connectivity index (χ1n) is 8.92. The Morgan fingerprint density at radius 1 is 1.12 bits per heavy atom. The van der Waals surface area contributed by atoms with Crippen LogP contribution in [0.15, 0.2) is 54.7 Å². The van der Waals surface area contributed by atoms with Gasteiger partial charge in [-0.15, -0.1) is 12.4 Å². The van der Waals surface area contributed by atoms with Gasteiger partial charge in [0.25, 0.3) is 5.91 Å². The first kappa shape index (κ1) is 18.5. The molecule has 1 aromatic heterocycles. The molecule has 5 heteroatoms. The lowest BCUT2D eigenvalue weighted by atomic mass is 9.98. The van der Waals surface area contributed by atoms with Crippen molar-refractivity contribution in [2.75, 3.05) is 13.1 Å². The summed E-state index contributed by atoms with van der Waals surface area (Å²) in [4.78, 5) is 12.4. The molecule has 3 N–H and O–H groups in total. The van der Waals surface area contributed by atoms with Crippen LogP contribution in [0.1, 0.15) is 33.8 Å². The average molecular weight is 370 g/mol. The predicted molar refractivity (Wildman–Crippen MR) is 108 cm³/mol. The molecule has 0 saturated heterocycles. The Morgan fingerprint density at radius 2 is 1.92 bits per heavy atom. The lowest BCUT2D eigenvalue weighted by molar-refractivity contribution is 0.0955. The lowest BCUT2D eigenvalue weighted by Gasteiger charge is -2.12. The molecule has 3 aromatic rings. The summed E-state index contributed by atoms with van der Waals surface area (Å²) in [5.41, 5.74) is 10.4. The number of benzene rings is 2. The molecule has 1 unspecified atom stereocenters. The predicted octanol–water partition coefficient (Wildman–Crippen LogP) is 3.48. The van der Waals surface area contributed by atoms with E-state index in [1.54, 1.807) is 0 Å². The van der Waals surface area contributed by atoms with Gasteiger partial charge in [-0.2, -0.15) is 0 Å². The summed E-state index contributed by atoms with van der Waals surface area (Å²) < 4.78 is 2.29. The second-order valence-electron chi connectivity index (χ2n) is 6.71. The molecule has 1 atom stereocenters. The van der Waals surface area contributed by atoms with Crippen molar-refractivity contribution in [1.29, 1.82) is 0 Å².